The van der Waals surface area contributed by atoms with Crippen LogP contribution in [-0.4, -0.2) is 27.7 Å². The highest BCUT2D eigenvalue weighted by atomic mass is 19.4. The first kappa shape index (κ1) is 22.6. The molecule has 1 aliphatic heterocycles. The van der Waals surface area contributed by atoms with Gasteiger partial charge in [-0.1, -0.05) is 12.7 Å². The van der Waals surface area contributed by atoms with E-state index in [-0.39, 0.29) is 34.1 Å². The SMILES string of the molecule is C=C(Nc1cc(C(F)(F)F)cn2nc(C3=CCNCC3)nc12)c1cc(N)cc(C(F)(F)F)c1. The Kier molecular flexibility index (Phi) is 5.56. The number of anilines is 2. The van der Waals surface area contributed by atoms with Gasteiger partial charge in [-0.05, 0) is 48.4 Å². The number of nitrogens with two attached hydrogens (primary N) is 1. The minimum Gasteiger partial charge on any atom is -0.399 e. The minimum absolute atomic E-state index is 0.0290. The fourth-order valence-corrected chi connectivity index (χ4v) is 3.42. The summed E-state index contributed by atoms with van der Waals surface area (Å²) in [6.45, 7) is 4.94. The van der Waals surface area contributed by atoms with Crippen LogP contribution in [0.2, 0.25) is 0 Å². The normalized spacial score (nSPS) is 14.9. The molecule has 0 spiro atoms. The lowest BCUT2D eigenvalue weighted by molar-refractivity contribution is -0.138. The molecule has 6 nitrogen and oxygen atoms in total. The van der Waals surface area contributed by atoms with Crippen molar-refractivity contribution in [1.82, 2.24) is 19.9 Å². The van der Waals surface area contributed by atoms with Gasteiger partial charge in [0.2, 0.25) is 0 Å². The van der Waals surface area contributed by atoms with E-state index in [1.165, 1.54) is 6.07 Å². The monoisotopic (exact) mass is 468 g/mol. The van der Waals surface area contributed by atoms with Gasteiger partial charge in [-0.15, -0.1) is 5.10 Å². The lowest BCUT2D eigenvalue weighted by atomic mass is 10.1. The van der Waals surface area contributed by atoms with Crippen molar-refractivity contribution in [3.63, 3.8) is 0 Å². The van der Waals surface area contributed by atoms with Crippen LogP contribution in [0.5, 0.6) is 0 Å². The zero-order chi connectivity index (χ0) is 24.0. The van der Waals surface area contributed by atoms with Gasteiger partial charge in [-0.2, -0.15) is 26.3 Å². The zero-order valence-corrected chi connectivity index (χ0v) is 17.0. The van der Waals surface area contributed by atoms with Crippen LogP contribution in [-0.2, 0) is 12.4 Å². The van der Waals surface area contributed by atoms with Gasteiger partial charge in [0, 0.05) is 24.1 Å². The summed E-state index contributed by atoms with van der Waals surface area (Å²) in [7, 11) is 0. The van der Waals surface area contributed by atoms with Gasteiger partial charge >= 0.3 is 12.4 Å². The molecule has 0 unspecified atom stereocenters. The van der Waals surface area contributed by atoms with Crippen molar-refractivity contribution in [2.45, 2.75) is 18.8 Å². The van der Waals surface area contributed by atoms with E-state index in [1.807, 2.05) is 6.08 Å². The Morgan fingerprint density at radius 3 is 2.42 bits per heavy atom. The van der Waals surface area contributed by atoms with Crippen molar-refractivity contribution in [3.8, 4) is 0 Å². The molecule has 0 saturated heterocycles. The van der Waals surface area contributed by atoms with E-state index in [2.05, 4.69) is 27.3 Å². The molecule has 0 fully saturated rings. The van der Waals surface area contributed by atoms with Gasteiger partial charge in [-0.25, -0.2) is 9.50 Å². The third kappa shape index (κ3) is 4.80. The molecule has 12 heteroatoms. The molecule has 0 amide bonds. The molecule has 3 aromatic rings. The second kappa shape index (κ2) is 8.10. The summed E-state index contributed by atoms with van der Waals surface area (Å²) in [4.78, 5) is 4.36. The Morgan fingerprint density at radius 2 is 1.79 bits per heavy atom. The molecule has 0 radical (unpaired) electrons. The average Bonchev–Trinajstić information content (AvgIpc) is 3.17. The molecule has 1 aliphatic rings. The number of nitrogens with one attached hydrogen (secondary N) is 2. The zero-order valence-electron chi connectivity index (χ0n) is 17.0. The van der Waals surface area contributed by atoms with Crippen LogP contribution in [0.15, 0.2) is 43.1 Å². The van der Waals surface area contributed by atoms with E-state index >= 15 is 0 Å². The molecule has 4 rings (SSSR count). The molecule has 4 N–H and O–H groups in total. The molecule has 0 bridgehead atoms. The fourth-order valence-electron chi connectivity index (χ4n) is 3.42. The number of halogens is 6. The van der Waals surface area contributed by atoms with E-state index in [0.717, 1.165) is 34.5 Å². The minimum atomic E-state index is -4.69. The lowest BCUT2D eigenvalue weighted by Crippen LogP contribution is -2.20. The molecule has 2 aromatic heterocycles. The molecule has 1 aromatic carbocycles. The van der Waals surface area contributed by atoms with Gasteiger partial charge in [0.05, 0.1) is 16.8 Å². The summed E-state index contributed by atoms with van der Waals surface area (Å²) in [6, 6.07) is 3.62. The summed E-state index contributed by atoms with van der Waals surface area (Å²) >= 11 is 0. The Balaban J connectivity index is 1.77. The topological polar surface area (TPSA) is 80.3 Å². The molecular formula is C21H18F6N6. The van der Waals surface area contributed by atoms with Crippen molar-refractivity contribution < 1.29 is 26.3 Å². The van der Waals surface area contributed by atoms with Gasteiger partial charge in [0.25, 0.3) is 0 Å². The lowest BCUT2D eigenvalue weighted by Gasteiger charge is -2.15. The fraction of sp³-hybridized carbons (Fsp3) is 0.238. The van der Waals surface area contributed by atoms with E-state index in [0.29, 0.717) is 19.5 Å². The number of hydrogen-bond acceptors (Lipinski definition) is 5. The van der Waals surface area contributed by atoms with Gasteiger partial charge in [-0.3, -0.25) is 0 Å². The second-order valence-corrected chi connectivity index (χ2v) is 7.47. The van der Waals surface area contributed by atoms with Crippen LogP contribution in [0.25, 0.3) is 16.9 Å². The van der Waals surface area contributed by atoms with E-state index in [9.17, 15) is 26.3 Å². The van der Waals surface area contributed by atoms with Crippen molar-refractivity contribution in [2.75, 3.05) is 24.1 Å². The maximum absolute atomic E-state index is 13.5. The number of rotatable bonds is 4. The summed E-state index contributed by atoms with van der Waals surface area (Å²) in [6.07, 6.45) is -6.09. The predicted octanol–water partition coefficient (Wildman–Crippen LogP) is 4.81. The van der Waals surface area contributed by atoms with Gasteiger partial charge in [0.1, 0.15) is 0 Å². The standard InChI is InChI=1S/C21H18F6N6/c1-11(13-6-14(20(22,23)24)8-16(28)7-13)30-17-9-15(21(25,26)27)10-33-19(17)31-18(32-33)12-2-4-29-5-3-12/h2,6-10,29-30H,1,3-5,28H2. The summed E-state index contributed by atoms with van der Waals surface area (Å²) in [5.41, 5.74) is 4.03. The molecule has 0 atom stereocenters. The van der Waals surface area contributed by atoms with Crippen LogP contribution >= 0.6 is 0 Å². The Morgan fingerprint density at radius 1 is 1.06 bits per heavy atom. The molecular weight excluding hydrogens is 450 g/mol. The smallest absolute Gasteiger partial charge is 0.399 e. The quantitative estimate of drug-likeness (QED) is 0.378. The Bertz CT molecular complexity index is 1250. The number of benzene rings is 1. The maximum Gasteiger partial charge on any atom is 0.417 e. The number of fused-ring (bicyclic) bond motifs is 1. The third-order valence-electron chi connectivity index (χ3n) is 5.03. The molecule has 0 saturated carbocycles. The number of alkyl halides is 6. The van der Waals surface area contributed by atoms with Crippen LogP contribution in [0.1, 0.15) is 28.9 Å². The summed E-state index contributed by atoms with van der Waals surface area (Å²) < 4.78 is 80.9. The number of pyridine rings is 1. The van der Waals surface area contributed by atoms with Crippen LogP contribution in [0.3, 0.4) is 0 Å². The van der Waals surface area contributed by atoms with Crippen LogP contribution in [0.4, 0.5) is 37.7 Å². The third-order valence-corrected chi connectivity index (χ3v) is 5.03. The molecule has 3 heterocycles. The van der Waals surface area contributed by atoms with Crippen molar-refractivity contribution >= 4 is 28.3 Å². The first-order chi connectivity index (χ1) is 15.4. The van der Waals surface area contributed by atoms with Crippen LogP contribution in [0, 0.1) is 0 Å². The maximum atomic E-state index is 13.5. The summed E-state index contributed by atoms with van der Waals surface area (Å²) in [5.74, 6) is 0.271. The number of nitrogen functional groups attached to an aromatic ring is 1. The molecule has 0 aliphatic carbocycles. The van der Waals surface area contributed by atoms with Crippen molar-refractivity contribution in [1.29, 1.82) is 0 Å². The van der Waals surface area contributed by atoms with E-state index < -0.39 is 23.5 Å². The highest BCUT2D eigenvalue weighted by Crippen LogP contribution is 2.35. The second-order valence-electron chi connectivity index (χ2n) is 7.47. The highest BCUT2D eigenvalue weighted by Gasteiger charge is 2.33. The molecule has 174 valence electrons. The van der Waals surface area contributed by atoms with E-state index in [1.54, 1.807) is 0 Å². The largest absolute Gasteiger partial charge is 0.417 e. The van der Waals surface area contributed by atoms with Gasteiger partial charge in [0.15, 0.2) is 11.5 Å². The van der Waals surface area contributed by atoms with Crippen molar-refractivity contribution in [2.24, 2.45) is 0 Å². The first-order valence-corrected chi connectivity index (χ1v) is 9.73. The first-order valence-electron chi connectivity index (χ1n) is 9.73. The average molecular weight is 468 g/mol. The number of hydrogen-bond donors (Lipinski definition) is 3. The Hall–Kier alpha value is -3.54. The number of aromatic nitrogens is 3. The predicted molar refractivity (Wildman–Crippen MR) is 112 cm³/mol. The van der Waals surface area contributed by atoms with Gasteiger partial charge < -0.3 is 16.4 Å². The summed E-state index contributed by atoms with van der Waals surface area (Å²) in [5, 5.41) is 9.97. The molecule has 33 heavy (non-hydrogen) atoms. The highest BCUT2D eigenvalue weighted by molar-refractivity contribution is 5.83. The van der Waals surface area contributed by atoms with E-state index in [4.69, 9.17) is 5.73 Å². The Labute approximate surface area is 183 Å². The van der Waals surface area contributed by atoms with Crippen molar-refractivity contribution in [3.05, 3.63) is 65.6 Å². The number of nitrogens with zero attached hydrogens (tertiary/aromatic N) is 3. The van der Waals surface area contributed by atoms with Crippen LogP contribution < -0.4 is 16.4 Å².